The minimum Gasteiger partial charge on any atom is -0.394 e. The number of halogens is 1. The zero-order valence-corrected chi connectivity index (χ0v) is 20.8. The number of nitrogens with zero attached hydrogens (tertiary/aromatic N) is 4. The zero-order valence-electron chi connectivity index (χ0n) is 20.0. The Morgan fingerprint density at radius 2 is 2.09 bits per heavy atom. The van der Waals surface area contributed by atoms with Gasteiger partial charge in [0.05, 0.1) is 22.9 Å². The molecule has 1 aromatic carbocycles. The Morgan fingerprint density at radius 3 is 2.76 bits per heavy atom. The first-order valence-corrected chi connectivity index (χ1v) is 12.3. The van der Waals surface area contributed by atoms with E-state index in [2.05, 4.69) is 15.3 Å². The summed E-state index contributed by atoms with van der Waals surface area (Å²) >= 11 is 1.44. The van der Waals surface area contributed by atoms with Gasteiger partial charge in [-0.25, -0.2) is 19.2 Å². The van der Waals surface area contributed by atoms with Crippen LogP contribution < -0.4 is 10.2 Å². The van der Waals surface area contributed by atoms with Crippen LogP contribution in [0.3, 0.4) is 0 Å². The molecule has 0 bridgehead atoms. The Balaban J connectivity index is 0.00000158. The van der Waals surface area contributed by atoms with E-state index in [1.165, 1.54) is 23.6 Å². The Morgan fingerprint density at radius 1 is 1.32 bits per heavy atom. The number of amides is 2. The highest BCUT2D eigenvalue weighted by atomic mass is 32.1. The monoisotopic (exact) mass is 489 g/mol. The molecule has 0 aliphatic carbocycles. The minimum absolute atomic E-state index is 0.135. The third kappa shape index (κ3) is 5.99. The van der Waals surface area contributed by atoms with Crippen molar-refractivity contribution in [1.82, 2.24) is 14.9 Å². The van der Waals surface area contributed by atoms with E-state index in [1.807, 2.05) is 50.8 Å². The lowest BCUT2D eigenvalue weighted by Gasteiger charge is -2.40. The zero-order chi connectivity index (χ0) is 24.8. The summed E-state index contributed by atoms with van der Waals surface area (Å²) in [5, 5.41) is 21.9. The molecule has 34 heavy (non-hydrogen) atoms. The highest BCUT2D eigenvalue weighted by Crippen LogP contribution is 2.27. The summed E-state index contributed by atoms with van der Waals surface area (Å²) in [6.45, 7) is 8.85. The van der Waals surface area contributed by atoms with Gasteiger partial charge in [-0.2, -0.15) is 0 Å². The van der Waals surface area contributed by atoms with Gasteiger partial charge in [0.25, 0.3) is 0 Å². The van der Waals surface area contributed by atoms with Crippen molar-refractivity contribution in [2.75, 3.05) is 36.5 Å². The highest BCUT2D eigenvalue weighted by molar-refractivity contribution is 7.22. The second kappa shape index (κ2) is 11.5. The van der Waals surface area contributed by atoms with Gasteiger partial charge in [-0.05, 0) is 43.2 Å². The molecule has 3 N–H and O–H groups in total. The third-order valence-electron chi connectivity index (χ3n) is 5.51. The molecule has 184 valence electrons. The number of hydrogen-bond acceptors (Lipinski definition) is 7. The van der Waals surface area contributed by atoms with Crippen LogP contribution >= 0.6 is 11.3 Å². The van der Waals surface area contributed by atoms with Crippen molar-refractivity contribution in [3.05, 3.63) is 47.4 Å². The summed E-state index contributed by atoms with van der Waals surface area (Å²) in [7, 11) is 0. The summed E-state index contributed by atoms with van der Waals surface area (Å²) < 4.78 is 15.7. The van der Waals surface area contributed by atoms with E-state index >= 15 is 0 Å². The second-order valence-electron chi connectivity index (χ2n) is 8.10. The van der Waals surface area contributed by atoms with Crippen LogP contribution in [0.1, 0.15) is 31.9 Å². The topological polar surface area (TPSA) is 102 Å². The van der Waals surface area contributed by atoms with E-state index in [0.29, 0.717) is 30.3 Å². The Labute approximate surface area is 203 Å². The summed E-state index contributed by atoms with van der Waals surface area (Å²) in [5.41, 5.74) is 2.51. The maximum Gasteiger partial charge on any atom is 0.324 e. The van der Waals surface area contributed by atoms with Crippen LogP contribution in [0.15, 0.2) is 30.5 Å². The first-order valence-electron chi connectivity index (χ1n) is 11.5. The molecule has 0 saturated carbocycles. The van der Waals surface area contributed by atoms with Crippen LogP contribution in [-0.4, -0.2) is 69.5 Å². The summed E-state index contributed by atoms with van der Waals surface area (Å²) in [4.78, 5) is 25.1. The first kappa shape index (κ1) is 25.8. The van der Waals surface area contributed by atoms with Crippen molar-refractivity contribution >= 4 is 38.5 Å². The van der Waals surface area contributed by atoms with E-state index in [9.17, 15) is 14.3 Å². The van der Waals surface area contributed by atoms with Gasteiger partial charge in [0.15, 0.2) is 16.8 Å². The number of rotatable bonds is 5. The number of aromatic nitrogens is 2. The molecule has 2 aromatic heterocycles. The number of aliphatic hydroxyl groups excluding tert-OH is 2. The molecule has 2 atom stereocenters. The van der Waals surface area contributed by atoms with Gasteiger partial charge in [0, 0.05) is 38.3 Å². The summed E-state index contributed by atoms with van der Waals surface area (Å²) in [6, 6.07) is 6.92. The first-order chi connectivity index (χ1) is 16.3. The van der Waals surface area contributed by atoms with Crippen LogP contribution in [0.5, 0.6) is 0 Å². The molecule has 3 heterocycles. The molecule has 1 aliphatic rings. The summed E-state index contributed by atoms with van der Waals surface area (Å²) in [5.74, 6) is -0.261. The predicted molar refractivity (Wildman–Crippen MR) is 134 cm³/mol. The summed E-state index contributed by atoms with van der Waals surface area (Å²) in [6.07, 6.45) is 0.704. The van der Waals surface area contributed by atoms with Gasteiger partial charge < -0.3 is 20.0 Å². The number of aliphatic hydroxyl groups is 2. The number of thiazole rings is 1. The third-order valence-corrected chi connectivity index (χ3v) is 6.44. The number of urea groups is 1. The minimum atomic E-state index is -0.941. The molecule has 10 heteroatoms. The van der Waals surface area contributed by atoms with Gasteiger partial charge in [-0.1, -0.05) is 31.3 Å². The number of piperazine rings is 1. The van der Waals surface area contributed by atoms with Crippen molar-refractivity contribution in [2.45, 2.75) is 46.3 Å². The van der Waals surface area contributed by atoms with Gasteiger partial charge >= 0.3 is 6.03 Å². The molecule has 1 fully saturated rings. The normalized spacial score (nSPS) is 16.7. The van der Waals surface area contributed by atoms with Gasteiger partial charge in [-0.15, -0.1) is 0 Å². The second-order valence-corrected chi connectivity index (χ2v) is 9.13. The van der Waals surface area contributed by atoms with Crippen LogP contribution in [0.4, 0.5) is 20.1 Å². The van der Waals surface area contributed by atoms with Crippen LogP contribution in [0.2, 0.25) is 0 Å². The van der Waals surface area contributed by atoms with Crippen molar-refractivity contribution < 1.29 is 19.4 Å². The lowest BCUT2D eigenvalue weighted by Crippen LogP contribution is -2.55. The van der Waals surface area contributed by atoms with Gasteiger partial charge in [0.1, 0.15) is 0 Å². The Hall–Kier alpha value is -2.82. The molecule has 0 spiro atoms. The molecular weight excluding hydrogens is 457 g/mol. The van der Waals surface area contributed by atoms with Crippen LogP contribution in [0, 0.1) is 12.7 Å². The van der Waals surface area contributed by atoms with E-state index in [4.69, 9.17) is 5.11 Å². The standard InChI is InChI=1S/C22H26FN5O3S.C2H6/c1-13-3-4-18-19(7-13)32-21(25-18)26-22(31)28-6-5-27(11-14(28)2)20-17(23)9-15(10-24-20)8-16(30)12-29;1-2/h3-4,7,9-10,14,16,29-30H,5-6,8,11-12H2,1-2H3,(H,25,26,31);1-2H3/t14-,16-;/m0./s1. The number of anilines is 2. The van der Waals surface area contributed by atoms with Crippen LogP contribution in [0.25, 0.3) is 10.2 Å². The molecule has 0 radical (unpaired) electrons. The molecule has 1 saturated heterocycles. The molecule has 4 rings (SSSR count). The quantitative estimate of drug-likeness (QED) is 0.504. The number of aryl methyl sites for hydroxylation is 1. The predicted octanol–water partition coefficient (Wildman–Crippen LogP) is 3.80. The number of benzene rings is 1. The van der Waals surface area contributed by atoms with Crippen molar-refractivity contribution in [2.24, 2.45) is 0 Å². The number of carbonyl (C=O) groups is 1. The fraction of sp³-hybridized carbons (Fsp3) is 0.458. The average Bonchev–Trinajstić information content (AvgIpc) is 3.21. The van der Waals surface area contributed by atoms with Crippen molar-refractivity contribution in [3.8, 4) is 0 Å². The van der Waals surface area contributed by atoms with E-state index in [1.54, 1.807) is 4.90 Å². The van der Waals surface area contributed by atoms with Gasteiger partial charge in [0.2, 0.25) is 0 Å². The highest BCUT2D eigenvalue weighted by Gasteiger charge is 2.30. The van der Waals surface area contributed by atoms with E-state index < -0.39 is 11.9 Å². The maximum atomic E-state index is 14.6. The van der Waals surface area contributed by atoms with Crippen LogP contribution in [-0.2, 0) is 6.42 Å². The number of hydrogen-bond donors (Lipinski definition) is 3. The fourth-order valence-corrected chi connectivity index (χ4v) is 4.81. The maximum absolute atomic E-state index is 14.6. The molecule has 2 amide bonds. The Bertz CT molecular complexity index is 1130. The SMILES string of the molecule is CC.Cc1ccc2nc(NC(=O)N3CCN(c4ncc(C[C@H](O)CO)cc4F)C[C@@H]3C)sc2c1. The molecule has 3 aromatic rings. The molecule has 1 aliphatic heterocycles. The largest absolute Gasteiger partial charge is 0.394 e. The van der Waals surface area contributed by atoms with E-state index in [0.717, 1.165) is 15.8 Å². The fourth-order valence-electron chi connectivity index (χ4n) is 3.85. The van der Waals surface area contributed by atoms with E-state index in [-0.39, 0.29) is 30.9 Å². The van der Waals surface area contributed by atoms with Gasteiger partial charge in [-0.3, -0.25) is 5.32 Å². The number of fused-ring (bicyclic) bond motifs is 1. The lowest BCUT2D eigenvalue weighted by molar-refractivity contribution is 0.0954. The smallest absolute Gasteiger partial charge is 0.324 e. The molecular formula is C24H32FN5O3S. The average molecular weight is 490 g/mol. The molecule has 8 nitrogen and oxygen atoms in total. The number of nitrogens with one attached hydrogen (secondary N) is 1. The van der Waals surface area contributed by atoms with Crippen molar-refractivity contribution in [3.63, 3.8) is 0 Å². The number of pyridine rings is 1. The Kier molecular flexibility index (Phi) is 8.76. The number of carbonyl (C=O) groups excluding carboxylic acids is 1. The lowest BCUT2D eigenvalue weighted by atomic mass is 10.1. The van der Waals surface area contributed by atoms with Crippen molar-refractivity contribution in [1.29, 1.82) is 0 Å². The molecule has 0 unspecified atom stereocenters.